The number of benzene rings is 2. The largest absolute Gasteiger partial charge is 0.330 e. The molecule has 0 radical (unpaired) electrons. The van der Waals surface area contributed by atoms with Crippen LogP contribution in [0.5, 0.6) is 0 Å². The lowest BCUT2D eigenvalue weighted by molar-refractivity contribution is 0.812. The maximum Gasteiger partial charge on any atom is 0.0215 e. The van der Waals surface area contributed by atoms with Crippen molar-refractivity contribution in [1.82, 2.24) is 0 Å². The molecule has 0 heterocycles. The average Bonchev–Trinajstić information content (AvgIpc) is 2.34. The normalized spacial score (nSPS) is 12.4. The molecular formula is C15H17N. The summed E-state index contributed by atoms with van der Waals surface area (Å²) in [5, 5.41) is 0. The van der Waals surface area contributed by atoms with Gasteiger partial charge in [0.05, 0.1) is 0 Å². The second kappa shape index (κ2) is 4.95. The lowest BCUT2D eigenvalue weighted by Gasteiger charge is -2.17. The Morgan fingerprint density at radius 3 is 2.19 bits per heavy atom. The minimum atomic E-state index is 0.308. The van der Waals surface area contributed by atoms with Crippen LogP contribution in [0.2, 0.25) is 0 Å². The highest BCUT2D eigenvalue weighted by Crippen LogP contribution is 2.25. The Morgan fingerprint density at radius 1 is 0.938 bits per heavy atom. The molecule has 82 valence electrons. The lowest BCUT2D eigenvalue weighted by Crippen LogP contribution is -2.14. The predicted octanol–water partition coefficient (Wildman–Crippen LogP) is 3.09. The SMILES string of the molecule is Cc1ccccc1C(CN)c1ccccc1. The molecule has 1 nitrogen and oxygen atoms in total. The van der Waals surface area contributed by atoms with Gasteiger partial charge in [0.25, 0.3) is 0 Å². The first-order valence-electron chi connectivity index (χ1n) is 5.63. The monoisotopic (exact) mass is 211 g/mol. The Hall–Kier alpha value is -1.60. The highest BCUT2D eigenvalue weighted by molar-refractivity contribution is 5.37. The molecule has 2 rings (SSSR count). The molecule has 0 spiro atoms. The first-order chi connectivity index (χ1) is 7.83. The van der Waals surface area contributed by atoms with Crippen LogP contribution in [0.1, 0.15) is 22.6 Å². The quantitative estimate of drug-likeness (QED) is 0.829. The molecular weight excluding hydrogens is 194 g/mol. The van der Waals surface area contributed by atoms with Crippen LogP contribution in [0.25, 0.3) is 0 Å². The third kappa shape index (κ3) is 2.15. The van der Waals surface area contributed by atoms with Crippen LogP contribution in [0.4, 0.5) is 0 Å². The fraction of sp³-hybridized carbons (Fsp3) is 0.200. The number of hydrogen-bond donors (Lipinski definition) is 1. The van der Waals surface area contributed by atoms with Gasteiger partial charge in [-0.05, 0) is 23.6 Å². The molecule has 1 unspecified atom stereocenters. The van der Waals surface area contributed by atoms with E-state index in [1.54, 1.807) is 0 Å². The van der Waals surface area contributed by atoms with E-state index in [1.807, 2.05) is 6.07 Å². The van der Waals surface area contributed by atoms with Crippen molar-refractivity contribution in [3.63, 3.8) is 0 Å². The molecule has 2 aromatic carbocycles. The molecule has 0 aromatic heterocycles. The molecule has 0 amide bonds. The molecule has 1 heteroatoms. The van der Waals surface area contributed by atoms with Crippen LogP contribution >= 0.6 is 0 Å². The molecule has 2 aromatic rings. The van der Waals surface area contributed by atoms with E-state index in [-0.39, 0.29) is 0 Å². The Balaban J connectivity index is 2.41. The standard InChI is InChI=1S/C15H17N/c1-12-7-5-6-10-14(12)15(11-16)13-8-3-2-4-9-13/h2-10,15H,11,16H2,1H3. The molecule has 0 bridgehead atoms. The zero-order valence-corrected chi connectivity index (χ0v) is 9.56. The fourth-order valence-electron chi connectivity index (χ4n) is 2.11. The summed E-state index contributed by atoms with van der Waals surface area (Å²) in [5.74, 6) is 0.308. The van der Waals surface area contributed by atoms with Gasteiger partial charge in [-0.1, -0.05) is 54.6 Å². The Bertz CT molecular complexity index is 448. The van der Waals surface area contributed by atoms with E-state index in [4.69, 9.17) is 5.73 Å². The fourth-order valence-corrected chi connectivity index (χ4v) is 2.11. The second-order valence-electron chi connectivity index (χ2n) is 4.06. The van der Waals surface area contributed by atoms with Crippen molar-refractivity contribution in [2.45, 2.75) is 12.8 Å². The van der Waals surface area contributed by atoms with Gasteiger partial charge in [-0.3, -0.25) is 0 Å². The van der Waals surface area contributed by atoms with Crippen molar-refractivity contribution in [2.24, 2.45) is 5.73 Å². The lowest BCUT2D eigenvalue weighted by atomic mass is 9.89. The summed E-state index contributed by atoms with van der Waals surface area (Å²) in [6.07, 6.45) is 0. The molecule has 16 heavy (non-hydrogen) atoms. The zero-order valence-electron chi connectivity index (χ0n) is 9.56. The Morgan fingerprint density at radius 2 is 1.56 bits per heavy atom. The molecule has 0 aliphatic heterocycles. The number of rotatable bonds is 3. The van der Waals surface area contributed by atoms with Crippen LogP contribution in [0, 0.1) is 6.92 Å². The Kier molecular flexibility index (Phi) is 3.37. The summed E-state index contributed by atoms with van der Waals surface area (Å²) in [7, 11) is 0. The maximum atomic E-state index is 5.91. The van der Waals surface area contributed by atoms with E-state index < -0.39 is 0 Å². The van der Waals surface area contributed by atoms with E-state index in [9.17, 15) is 0 Å². The average molecular weight is 211 g/mol. The number of nitrogens with two attached hydrogens (primary N) is 1. The third-order valence-electron chi connectivity index (χ3n) is 3.00. The van der Waals surface area contributed by atoms with Gasteiger partial charge in [0.1, 0.15) is 0 Å². The van der Waals surface area contributed by atoms with Crippen molar-refractivity contribution in [2.75, 3.05) is 6.54 Å². The maximum absolute atomic E-state index is 5.91. The molecule has 1 atom stereocenters. The summed E-state index contributed by atoms with van der Waals surface area (Å²) in [4.78, 5) is 0. The van der Waals surface area contributed by atoms with Gasteiger partial charge < -0.3 is 5.73 Å². The van der Waals surface area contributed by atoms with Crippen molar-refractivity contribution in [3.05, 3.63) is 71.3 Å². The van der Waals surface area contributed by atoms with Gasteiger partial charge in [-0.15, -0.1) is 0 Å². The van der Waals surface area contributed by atoms with Crippen LogP contribution in [0.15, 0.2) is 54.6 Å². The van der Waals surface area contributed by atoms with Crippen LogP contribution in [0.3, 0.4) is 0 Å². The van der Waals surface area contributed by atoms with Crippen LogP contribution in [-0.2, 0) is 0 Å². The van der Waals surface area contributed by atoms with E-state index in [1.165, 1.54) is 16.7 Å². The zero-order chi connectivity index (χ0) is 11.4. The van der Waals surface area contributed by atoms with Gasteiger partial charge in [0.15, 0.2) is 0 Å². The second-order valence-corrected chi connectivity index (χ2v) is 4.06. The first-order valence-corrected chi connectivity index (χ1v) is 5.63. The van der Waals surface area contributed by atoms with Gasteiger partial charge >= 0.3 is 0 Å². The van der Waals surface area contributed by atoms with E-state index in [0.29, 0.717) is 12.5 Å². The molecule has 0 saturated carbocycles. The van der Waals surface area contributed by atoms with E-state index in [0.717, 1.165) is 0 Å². The topological polar surface area (TPSA) is 26.0 Å². The molecule has 2 N–H and O–H groups in total. The molecule has 0 aliphatic carbocycles. The Labute approximate surface area is 96.9 Å². The predicted molar refractivity (Wildman–Crippen MR) is 68.5 cm³/mol. The summed E-state index contributed by atoms with van der Waals surface area (Å²) < 4.78 is 0. The summed E-state index contributed by atoms with van der Waals surface area (Å²) in [5.41, 5.74) is 9.83. The minimum Gasteiger partial charge on any atom is -0.330 e. The minimum absolute atomic E-state index is 0.308. The van der Waals surface area contributed by atoms with Crippen molar-refractivity contribution >= 4 is 0 Å². The van der Waals surface area contributed by atoms with Gasteiger partial charge in [-0.2, -0.15) is 0 Å². The summed E-state index contributed by atoms with van der Waals surface area (Å²) in [6, 6.07) is 18.9. The summed E-state index contributed by atoms with van der Waals surface area (Å²) >= 11 is 0. The van der Waals surface area contributed by atoms with E-state index >= 15 is 0 Å². The highest BCUT2D eigenvalue weighted by atomic mass is 14.5. The smallest absolute Gasteiger partial charge is 0.0215 e. The first kappa shape index (κ1) is 10.9. The van der Waals surface area contributed by atoms with Crippen molar-refractivity contribution in [1.29, 1.82) is 0 Å². The highest BCUT2D eigenvalue weighted by Gasteiger charge is 2.13. The number of aryl methyl sites for hydroxylation is 1. The van der Waals surface area contributed by atoms with E-state index in [2.05, 4.69) is 55.5 Å². The van der Waals surface area contributed by atoms with Crippen molar-refractivity contribution in [3.8, 4) is 0 Å². The van der Waals surface area contributed by atoms with Gasteiger partial charge in [0, 0.05) is 12.5 Å². The van der Waals surface area contributed by atoms with Gasteiger partial charge in [-0.25, -0.2) is 0 Å². The molecule has 0 aliphatic rings. The molecule has 0 fully saturated rings. The number of hydrogen-bond acceptors (Lipinski definition) is 1. The molecule has 0 saturated heterocycles. The van der Waals surface area contributed by atoms with Gasteiger partial charge in [0.2, 0.25) is 0 Å². The summed E-state index contributed by atoms with van der Waals surface area (Å²) in [6.45, 7) is 2.79. The third-order valence-corrected chi connectivity index (χ3v) is 3.00. The van der Waals surface area contributed by atoms with Crippen LogP contribution < -0.4 is 5.73 Å². The van der Waals surface area contributed by atoms with Crippen LogP contribution in [-0.4, -0.2) is 6.54 Å². The van der Waals surface area contributed by atoms with Crippen molar-refractivity contribution < 1.29 is 0 Å².